The van der Waals surface area contributed by atoms with E-state index < -0.39 is 0 Å². The van der Waals surface area contributed by atoms with Gasteiger partial charge in [-0.2, -0.15) is 0 Å². The molecular weight excluding hydrogens is 292 g/mol. The molecule has 3 aromatic rings. The number of aromatic nitrogens is 1. The van der Waals surface area contributed by atoms with Crippen LogP contribution in [0.25, 0.3) is 0 Å². The third-order valence-electron chi connectivity index (χ3n) is 3.40. The van der Waals surface area contributed by atoms with Gasteiger partial charge in [-0.15, -0.1) is 11.3 Å². The first kappa shape index (κ1) is 14.6. The summed E-state index contributed by atoms with van der Waals surface area (Å²) in [7, 11) is 0. The van der Waals surface area contributed by atoms with Gasteiger partial charge in [0.2, 0.25) is 0 Å². The zero-order chi connectivity index (χ0) is 15.2. The maximum Gasteiger partial charge on any atom is 0.142 e. The van der Waals surface area contributed by atoms with E-state index in [2.05, 4.69) is 23.2 Å². The fraction of sp³-hybridized carbons (Fsp3) is 0.167. The lowest BCUT2D eigenvalue weighted by Gasteiger charge is -2.10. The second-order valence-electron chi connectivity index (χ2n) is 5.06. The van der Waals surface area contributed by atoms with Crippen molar-refractivity contribution in [2.24, 2.45) is 0 Å². The first-order valence-corrected chi connectivity index (χ1v) is 8.13. The Bertz CT molecular complexity index is 711. The number of thiazole rings is 1. The third-order valence-corrected chi connectivity index (χ3v) is 4.18. The van der Waals surface area contributed by atoms with E-state index in [0.29, 0.717) is 12.3 Å². The summed E-state index contributed by atoms with van der Waals surface area (Å²) in [6.45, 7) is 0.625. The highest BCUT2D eigenvalue weighted by molar-refractivity contribution is 7.09. The van der Waals surface area contributed by atoms with Crippen LogP contribution >= 0.6 is 11.3 Å². The van der Waals surface area contributed by atoms with E-state index in [9.17, 15) is 0 Å². The molecule has 0 atom stereocenters. The predicted molar refractivity (Wildman–Crippen MR) is 91.4 cm³/mol. The molecule has 2 N–H and O–H groups in total. The van der Waals surface area contributed by atoms with Crippen molar-refractivity contribution >= 4 is 17.0 Å². The summed E-state index contributed by atoms with van der Waals surface area (Å²) in [4.78, 5) is 4.29. The van der Waals surface area contributed by atoms with E-state index in [1.54, 1.807) is 11.3 Å². The molecule has 0 unspecified atom stereocenters. The molecule has 1 aromatic heterocycles. The minimum absolute atomic E-state index is 0.625. The van der Waals surface area contributed by atoms with E-state index in [1.165, 1.54) is 5.56 Å². The number of nitrogens with two attached hydrogens (primary N) is 1. The van der Waals surface area contributed by atoms with Gasteiger partial charge >= 0.3 is 0 Å². The van der Waals surface area contributed by atoms with Crippen LogP contribution in [0.1, 0.15) is 16.1 Å². The molecule has 0 saturated carbocycles. The molecule has 22 heavy (non-hydrogen) atoms. The number of hydrogen-bond acceptors (Lipinski definition) is 4. The van der Waals surface area contributed by atoms with Crippen LogP contribution in [0.2, 0.25) is 0 Å². The molecule has 3 rings (SSSR count). The molecule has 2 aromatic carbocycles. The van der Waals surface area contributed by atoms with Crippen LogP contribution in [0.4, 0.5) is 5.69 Å². The summed E-state index contributed by atoms with van der Waals surface area (Å²) in [5.41, 5.74) is 9.19. The van der Waals surface area contributed by atoms with Gasteiger partial charge in [0.25, 0.3) is 0 Å². The first-order chi connectivity index (χ1) is 10.8. The molecule has 0 amide bonds. The molecule has 4 heteroatoms. The standard InChI is InChI=1S/C18H18N2OS/c19-16-12-15(13-18-20-9-11-22-18)6-7-17(16)21-10-8-14-4-2-1-3-5-14/h1-7,9,11-12H,8,10,13,19H2. The van der Waals surface area contributed by atoms with Gasteiger partial charge in [0.1, 0.15) is 5.75 Å². The van der Waals surface area contributed by atoms with E-state index >= 15 is 0 Å². The summed E-state index contributed by atoms with van der Waals surface area (Å²) in [6.07, 6.45) is 3.51. The van der Waals surface area contributed by atoms with E-state index in [-0.39, 0.29) is 0 Å². The predicted octanol–water partition coefficient (Wildman–Crippen LogP) is 3.94. The zero-order valence-corrected chi connectivity index (χ0v) is 13.1. The SMILES string of the molecule is Nc1cc(Cc2nccs2)ccc1OCCc1ccccc1. The maximum atomic E-state index is 6.09. The Hall–Kier alpha value is -2.33. The van der Waals surface area contributed by atoms with Gasteiger partial charge in [-0.1, -0.05) is 36.4 Å². The summed E-state index contributed by atoms with van der Waals surface area (Å²) in [5, 5.41) is 3.08. The fourth-order valence-electron chi connectivity index (χ4n) is 2.28. The average Bonchev–Trinajstić information content (AvgIpc) is 3.03. The van der Waals surface area contributed by atoms with Gasteiger partial charge < -0.3 is 10.5 Å². The van der Waals surface area contributed by atoms with Crippen LogP contribution in [-0.4, -0.2) is 11.6 Å². The molecular formula is C18H18N2OS. The van der Waals surface area contributed by atoms with Crippen molar-refractivity contribution in [2.75, 3.05) is 12.3 Å². The molecule has 0 aliphatic heterocycles. The maximum absolute atomic E-state index is 6.09. The lowest BCUT2D eigenvalue weighted by molar-refractivity contribution is 0.323. The van der Waals surface area contributed by atoms with E-state index in [1.807, 2.05) is 41.9 Å². The second kappa shape index (κ2) is 7.09. The summed E-state index contributed by atoms with van der Waals surface area (Å²) in [6, 6.07) is 16.3. The molecule has 0 radical (unpaired) electrons. The van der Waals surface area contributed by atoms with E-state index in [0.717, 1.165) is 29.2 Å². The van der Waals surface area contributed by atoms with Gasteiger partial charge in [0, 0.05) is 24.4 Å². The lowest BCUT2D eigenvalue weighted by atomic mass is 10.1. The van der Waals surface area contributed by atoms with Crippen LogP contribution in [-0.2, 0) is 12.8 Å². The van der Waals surface area contributed by atoms with Crippen molar-refractivity contribution in [3.8, 4) is 5.75 Å². The van der Waals surface area contributed by atoms with Crippen molar-refractivity contribution < 1.29 is 4.74 Å². The average molecular weight is 310 g/mol. The first-order valence-electron chi connectivity index (χ1n) is 7.25. The van der Waals surface area contributed by atoms with Crippen molar-refractivity contribution in [1.29, 1.82) is 0 Å². The molecule has 112 valence electrons. The van der Waals surface area contributed by atoms with Crippen molar-refractivity contribution in [1.82, 2.24) is 4.98 Å². The van der Waals surface area contributed by atoms with Crippen molar-refractivity contribution in [3.05, 3.63) is 76.2 Å². The number of nitrogens with zero attached hydrogens (tertiary/aromatic N) is 1. The van der Waals surface area contributed by atoms with Gasteiger partial charge in [-0.25, -0.2) is 4.98 Å². The van der Waals surface area contributed by atoms with Gasteiger partial charge in [0.15, 0.2) is 0 Å². The van der Waals surface area contributed by atoms with Gasteiger partial charge in [-0.3, -0.25) is 0 Å². The van der Waals surface area contributed by atoms with Crippen LogP contribution in [0.15, 0.2) is 60.1 Å². The summed E-state index contributed by atoms with van der Waals surface area (Å²) < 4.78 is 5.79. The van der Waals surface area contributed by atoms with Gasteiger partial charge in [-0.05, 0) is 23.3 Å². The molecule has 0 bridgehead atoms. The monoisotopic (exact) mass is 310 g/mol. The topological polar surface area (TPSA) is 48.1 Å². The Morgan fingerprint density at radius 2 is 1.91 bits per heavy atom. The molecule has 0 aliphatic rings. The molecule has 3 nitrogen and oxygen atoms in total. The van der Waals surface area contributed by atoms with Crippen LogP contribution in [0.3, 0.4) is 0 Å². The molecule has 1 heterocycles. The van der Waals surface area contributed by atoms with Crippen LogP contribution in [0.5, 0.6) is 5.75 Å². The highest BCUT2D eigenvalue weighted by Crippen LogP contribution is 2.24. The smallest absolute Gasteiger partial charge is 0.142 e. The van der Waals surface area contributed by atoms with E-state index in [4.69, 9.17) is 10.5 Å². The number of rotatable bonds is 6. The Kier molecular flexibility index (Phi) is 4.71. The minimum Gasteiger partial charge on any atom is -0.491 e. The van der Waals surface area contributed by atoms with Crippen LogP contribution in [0, 0.1) is 0 Å². The van der Waals surface area contributed by atoms with Crippen molar-refractivity contribution in [2.45, 2.75) is 12.8 Å². The molecule has 0 aliphatic carbocycles. The zero-order valence-electron chi connectivity index (χ0n) is 12.2. The highest BCUT2D eigenvalue weighted by Gasteiger charge is 2.04. The summed E-state index contributed by atoms with van der Waals surface area (Å²) >= 11 is 1.66. The summed E-state index contributed by atoms with van der Waals surface area (Å²) in [5.74, 6) is 0.749. The fourth-order valence-corrected chi connectivity index (χ4v) is 2.93. The van der Waals surface area contributed by atoms with Crippen molar-refractivity contribution in [3.63, 3.8) is 0 Å². The van der Waals surface area contributed by atoms with Gasteiger partial charge in [0.05, 0.1) is 17.3 Å². The number of benzene rings is 2. The number of anilines is 1. The Labute approximate surface area is 134 Å². The normalized spacial score (nSPS) is 10.5. The Balaban J connectivity index is 1.58. The third kappa shape index (κ3) is 3.86. The number of nitrogen functional groups attached to an aromatic ring is 1. The Morgan fingerprint density at radius 1 is 1.05 bits per heavy atom. The molecule has 0 saturated heterocycles. The Morgan fingerprint density at radius 3 is 2.64 bits per heavy atom. The lowest BCUT2D eigenvalue weighted by Crippen LogP contribution is -2.04. The minimum atomic E-state index is 0.625. The molecule has 0 spiro atoms. The quantitative estimate of drug-likeness (QED) is 0.702. The molecule has 0 fully saturated rings. The largest absolute Gasteiger partial charge is 0.491 e. The van der Waals surface area contributed by atoms with Crippen LogP contribution < -0.4 is 10.5 Å². The highest BCUT2D eigenvalue weighted by atomic mass is 32.1. The number of ether oxygens (including phenoxy) is 1. The second-order valence-corrected chi connectivity index (χ2v) is 6.04. The number of hydrogen-bond donors (Lipinski definition) is 1.